The van der Waals surface area contributed by atoms with Crippen LogP contribution in [0.4, 0.5) is 0 Å². The zero-order valence-corrected chi connectivity index (χ0v) is 30.8. The van der Waals surface area contributed by atoms with Gasteiger partial charge in [-0.15, -0.1) is 0 Å². The monoisotopic (exact) mass is 608 g/mol. The summed E-state index contributed by atoms with van der Waals surface area (Å²) in [5, 5.41) is 0. The molecule has 1 unspecified atom stereocenters. The predicted octanol–water partition coefficient (Wildman–Crippen LogP) is 8.99. The van der Waals surface area contributed by atoms with Gasteiger partial charge in [-0.2, -0.15) is 0 Å². The van der Waals surface area contributed by atoms with E-state index in [0.29, 0.717) is 0 Å². The number of unbranched alkanes of at least 4 members (excludes halogenated alkanes) is 26. The van der Waals surface area contributed by atoms with Crippen LogP contribution in [-0.2, 0) is 14.6 Å². The van der Waals surface area contributed by atoms with Gasteiger partial charge in [0.05, 0.1) is 6.61 Å². The van der Waals surface area contributed by atoms with Gasteiger partial charge in [0.2, 0.25) is 10.4 Å². The van der Waals surface area contributed by atoms with Crippen molar-refractivity contribution in [3.8, 4) is 0 Å². The van der Waals surface area contributed by atoms with Crippen LogP contribution in [0, 0.1) is 5.92 Å². The van der Waals surface area contributed by atoms with Crippen molar-refractivity contribution >= 4 is 10.4 Å². The first-order valence-corrected chi connectivity index (χ1v) is 19.1. The molecule has 0 radical (unpaired) electrons. The third-order valence-electron chi connectivity index (χ3n) is 8.24. The summed E-state index contributed by atoms with van der Waals surface area (Å²) in [6.45, 7) is 4.53. The smallest absolute Gasteiger partial charge is 0.726 e. The van der Waals surface area contributed by atoms with Gasteiger partial charge in [0.15, 0.2) is 0 Å². The Morgan fingerprint density at radius 1 is 0.537 bits per heavy atom. The van der Waals surface area contributed by atoms with Gasteiger partial charge in [-0.3, -0.25) is 4.18 Å². The summed E-state index contributed by atoms with van der Waals surface area (Å²) in [4.78, 5) is 0. The molecule has 0 N–H and O–H groups in total. The normalized spacial score (nSPS) is 12.7. The Hall–Kier alpha value is 0.610. The second kappa shape index (κ2) is 35.1. The van der Waals surface area contributed by atoms with Gasteiger partial charge in [-0.1, -0.05) is 193 Å². The molecule has 0 bridgehead atoms. The first kappa shape index (κ1) is 43.7. The van der Waals surface area contributed by atoms with Crippen molar-refractivity contribution in [1.29, 1.82) is 0 Å². The molecule has 41 heavy (non-hydrogen) atoms. The van der Waals surface area contributed by atoms with Gasteiger partial charge in [0, 0.05) is 5.92 Å². The summed E-state index contributed by atoms with van der Waals surface area (Å²) >= 11 is 0. The largest absolute Gasteiger partial charge is 1.00 e. The molecule has 0 saturated carbocycles. The van der Waals surface area contributed by atoms with Gasteiger partial charge in [-0.05, 0) is 19.3 Å². The Labute approximate surface area is 280 Å². The topological polar surface area (TPSA) is 66.4 Å². The van der Waals surface area contributed by atoms with Crippen molar-refractivity contribution in [2.24, 2.45) is 5.92 Å². The molecular weight excluding hydrogens is 539 g/mol. The number of allylic oxidation sites excluding steroid dienone is 1. The average molecular weight is 609 g/mol. The first-order chi connectivity index (χ1) is 19.5. The van der Waals surface area contributed by atoms with Crippen LogP contribution in [-0.4, -0.2) is 19.6 Å². The zero-order chi connectivity index (χ0) is 29.4. The van der Waals surface area contributed by atoms with Crippen molar-refractivity contribution in [2.45, 2.75) is 200 Å². The van der Waals surface area contributed by atoms with Gasteiger partial charge in [0.1, 0.15) is 0 Å². The maximum Gasteiger partial charge on any atom is 1.00 e. The molecule has 0 fully saturated rings. The SMILES string of the molecule is CCCCCCCCCCCCC/C=C/C(CCCCCCCCCCCCCCCCCC)COS(=O)(=O)[O-].[Na+]. The van der Waals surface area contributed by atoms with E-state index in [1.165, 1.54) is 167 Å². The van der Waals surface area contributed by atoms with Crippen LogP contribution in [0.25, 0.3) is 0 Å². The van der Waals surface area contributed by atoms with Crippen molar-refractivity contribution in [3.63, 3.8) is 0 Å². The van der Waals surface area contributed by atoms with E-state index in [1.54, 1.807) is 0 Å². The van der Waals surface area contributed by atoms with Crippen LogP contribution >= 0.6 is 0 Å². The number of hydrogen-bond acceptors (Lipinski definition) is 4. The number of hydrogen-bond donors (Lipinski definition) is 0. The van der Waals surface area contributed by atoms with E-state index >= 15 is 0 Å². The molecule has 0 aromatic rings. The second-order valence-electron chi connectivity index (χ2n) is 12.3. The van der Waals surface area contributed by atoms with Crippen molar-refractivity contribution < 1.29 is 46.7 Å². The Kier molecular flexibility index (Phi) is 37.4. The molecule has 0 saturated heterocycles. The molecule has 0 aromatic carbocycles. The van der Waals surface area contributed by atoms with E-state index < -0.39 is 10.4 Å². The van der Waals surface area contributed by atoms with E-state index in [4.69, 9.17) is 0 Å². The van der Waals surface area contributed by atoms with E-state index in [1.807, 2.05) is 0 Å². The third kappa shape index (κ3) is 38.6. The fourth-order valence-corrected chi connectivity index (χ4v) is 5.92. The second-order valence-corrected chi connectivity index (χ2v) is 13.3. The summed E-state index contributed by atoms with van der Waals surface area (Å²) in [6, 6.07) is 0. The molecule has 0 heterocycles. The molecule has 0 aliphatic carbocycles. The van der Waals surface area contributed by atoms with E-state index in [0.717, 1.165) is 19.3 Å². The zero-order valence-electron chi connectivity index (χ0n) is 28.0. The van der Waals surface area contributed by atoms with Gasteiger partial charge in [0.25, 0.3) is 0 Å². The quantitative estimate of drug-likeness (QED) is 0.0245. The van der Waals surface area contributed by atoms with Crippen LogP contribution in [0.1, 0.15) is 200 Å². The van der Waals surface area contributed by atoms with Gasteiger partial charge in [-0.25, -0.2) is 8.42 Å². The Morgan fingerprint density at radius 3 is 1.20 bits per heavy atom. The Morgan fingerprint density at radius 2 is 0.854 bits per heavy atom. The van der Waals surface area contributed by atoms with Crippen LogP contribution in [0.5, 0.6) is 0 Å². The fourth-order valence-electron chi connectivity index (χ4n) is 5.58. The minimum Gasteiger partial charge on any atom is -0.726 e. The summed E-state index contributed by atoms with van der Waals surface area (Å²) in [6.07, 6.45) is 42.4. The third-order valence-corrected chi connectivity index (χ3v) is 8.66. The molecular formula is C35H69NaO4S. The van der Waals surface area contributed by atoms with Gasteiger partial charge >= 0.3 is 29.6 Å². The van der Waals surface area contributed by atoms with E-state index in [2.05, 4.69) is 30.2 Å². The van der Waals surface area contributed by atoms with Crippen molar-refractivity contribution in [1.82, 2.24) is 0 Å². The number of rotatable bonds is 33. The fraction of sp³-hybridized carbons (Fsp3) is 0.943. The van der Waals surface area contributed by atoms with Gasteiger partial charge < -0.3 is 4.55 Å². The molecule has 0 aliphatic heterocycles. The summed E-state index contributed by atoms with van der Waals surface area (Å²) in [7, 11) is -4.62. The first-order valence-electron chi connectivity index (χ1n) is 17.8. The maximum atomic E-state index is 10.9. The predicted molar refractivity (Wildman–Crippen MR) is 174 cm³/mol. The molecule has 0 aliphatic rings. The molecule has 6 heteroatoms. The van der Waals surface area contributed by atoms with Crippen molar-refractivity contribution in [2.75, 3.05) is 6.61 Å². The molecule has 240 valence electrons. The standard InChI is InChI=1S/C35H70O4S.Na/c1-3-5-7-9-11-13-15-17-18-19-21-23-25-27-29-31-33-35(34-39-40(36,37)38)32-30-28-26-24-22-20-16-14-12-10-8-6-4-2;/h30,32,35H,3-29,31,33-34H2,1-2H3,(H,36,37,38);/q;+1/p-1/b32-30+;. The minimum atomic E-state index is -4.62. The molecule has 0 amide bonds. The summed E-state index contributed by atoms with van der Waals surface area (Å²) < 4.78 is 37.4. The van der Waals surface area contributed by atoms with E-state index in [9.17, 15) is 13.0 Å². The molecule has 0 spiro atoms. The molecule has 4 nitrogen and oxygen atoms in total. The molecule has 0 rings (SSSR count). The Balaban J connectivity index is 0. The summed E-state index contributed by atoms with van der Waals surface area (Å²) in [5.41, 5.74) is 0. The molecule has 1 atom stereocenters. The van der Waals surface area contributed by atoms with Crippen LogP contribution in [0.2, 0.25) is 0 Å². The molecule has 0 aromatic heterocycles. The van der Waals surface area contributed by atoms with E-state index in [-0.39, 0.29) is 42.1 Å². The van der Waals surface area contributed by atoms with Crippen LogP contribution in [0.3, 0.4) is 0 Å². The minimum absolute atomic E-state index is 0. The van der Waals surface area contributed by atoms with Crippen LogP contribution < -0.4 is 29.6 Å². The average Bonchev–Trinajstić information content (AvgIpc) is 2.93. The van der Waals surface area contributed by atoms with Crippen molar-refractivity contribution in [3.05, 3.63) is 12.2 Å². The maximum absolute atomic E-state index is 10.9. The summed E-state index contributed by atoms with van der Waals surface area (Å²) in [5.74, 6) is 0.0167. The Bertz CT molecular complexity index is 624. The van der Waals surface area contributed by atoms with Crippen LogP contribution in [0.15, 0.2) is 12.2 Å².